The van der Waals surface area contributed by atoms with E-state index in [1.165, 1.54) is 0 Å². The molecule has 0 atom stereocenters. The molecule has 0 aliphatic heterocycles. The lowest BCUT2D eigenvalue weighted by Crippen LogP contribution is -2.08. The van der Waals surface area contributed by atoms with Crippen LogP contribution in [0.2, 0.25) is 0 Å². The third kappa shape index (κ3) is 3.05. The summed E-state index contributed by atoms with van der Waals surface area (Å²) in [6.07, 6.45) is 7.68. The third-order valence-electron chi connectivity index (χ3n) is 3.99. The fourth-order valence-corrected chi connectivity index (χ4v) is 3.80. The maximum absolute atomic E-state index is 9.21. The first-order valence-corrected chi connectivity index (χ1v) is 9.15. The third-order valence-corrected chi connectivity index (χ3v) is 4.97. The fourth-order valence-electron chi connectivity index (χ4n) is 2.86. The number of fused-ring (bicyclic) bond motifs is 1. The molecular formula is C20H17N5S. The molecule has 3 aromatic heterocycles. The lowest BCUT2D eigenvalue weighted by atomic mass is 10.0. The average Bonchev–Trinajstić information content (AvgIpc) is 3.29. The van der Waals surface area contributed by atoms with Crippen molar-refractivity contribution < 1.29 is 0 Å². The van der Waals surface area contributed by atoms with Crippen molar-refractivity contribution in [1.82, 2.24) is 14.4 Å². The topological polar surface area (TPSA) is 66.0 Å². The minimum absolute atomic E-state index is 0.342. The Morgan fingerprint density at radius 1 is 1.19 bits per heavy atom. The van der Waals surface area contributed by atoms with Crippen molar-refractivity contribution in [1.29, 1.82) is 5.26 Å². The quantitative estimate of drug-likeness (QED) is 0.567. The number of anilines is 1. The number of benzene rings is 1. The van der Waals surface area contributed by atoms with Gasteiger partial charge in [-0.2, -0.15) is 5.26 Å². The van der Waals surface area contributed by atoms with Crippen LogP contribution in [0, 0.1) is 11.3 Å². The van der Waals surface area contributed by atoms with Crippen LogP contribution in [0.5, 0.6) is 0 Å². The van der Waals surface area contributed by atoms with Gasteiger partial charge in [-0.25, -0.2) is 9.97 Å². The number of hydrogen-bond acceptors (Lipinski definition) is 5. The van der Waals surface area contributed by atoms with E-state index in [1.54, 1.807) is 17.5 Å². The van der Waals surface area contributed by atoms with Gasteiger partial charge in [-0.15, -0.1) is 0 Å². The molecule has 1 aromatic carbocycles. The number of rotatable bonds is 4. The van der Waals surface area contributed by atoms with Crippen LogP contribution in [0.1, 0.15) is 19.4 Å². The smallest absolute Gasteiger partial charge is 0.183 e. The standard InChI is InChI=1S/C20H17N5S/c1-13(2)24-20-23-11-18(26-20)16-9-17(19-22-6-7-25(19)12-16)15-5-3-4-14(8-15)10-21/h3-9,11-13H,1-2H3,(H,23,24). The van der Waals surface area contributed by atoms with Crippen LogP contribution in [0.4, 0.5) is 5.13 Å². The molecule has 0 radical (unpaired) electrons. The van der Waals surface area contributed by atoms with Crippen molar-refractivity contribution in [3.05, 3.63) is 60.7 Å². The van der Waals surface area contributed by atoms with E-state index in [2.05, 4.69) is 47.5 Å². The SMILES string of the molecule is CC(C)Nc1ncc(-c2cc(-c3cccc(C#N)c3)c3nccn3c2)s1. The van der Waals surface area contributed by atoms with Gasteiger partial charge < -0.3 is 9.72 Å². The molecule has 6 heteroatoms. The van der Waals surface area contributed by atoms with Crippen LogP contribution in [-0.2, 0) is 0 Å². The summed E-state index contributed by atoms with van der Waals surface area (Å²) in [7, 11) is 0. The Balaban J connectivity index is 1.85. The maximum Gasteiger partial charge on any atom is 0.183 e. The highest BCUT2D eigenvalue weighted by atomic mass is 32.1. The molecule has 128 valence electrons. The number of thiazole rings is 1. The van der Waals surface area contributed by atoms with Crippen molar-refractivity contribution >= 4 is 22.1 Å². The van der Waals surface area contributed by atoms with Gasteiger partial charge in [0.05, 0.1) is 16.5 Å². The van der Waals surface area contributed by atoms with Gasteiger partial charge in [0.15, 0.2) is 5.13 Å². The maximum atomic E-state index is 9.21. The summed E-state index contributed by atoms with van der Waals surface area (Å²) in [4.78, 5) is 10.0. The molecule has 0 saturated heterocycles. The van der Waals surface area contributed by atoms with Gasteiger partial charge in [0.25, 0.3) is 0 Å². The lowest BCUT2D eigenvalue weighted by Gasteiger charge is -2.08. The Kier molecular flexibility index (Phi) is 4.15. The second kappa shape index (κ2) is 6.62. The number of nitrogens with zero attached hydrogens (tertiary/aromatic N) is 4. The Morgan fingerprint density at radius 3 is 2.88 bits per heavy atom. The minimum Gasteiger partial charge on any atom is -0.359 e. The Hall–Kier alpha value is -3.17. The highest BCUT2D eigenvalue weighted by Gasteiger charge is 2.12. The zero-order valence-electron chi connectivity index (χ0n) is 14.5. The molecule has 0 saturated carbocycles. The van der Waals surface area contributed by atoms with E-state index in [4.69, 9.17) is 0 Å². The predicted molar refractivity (Wildman–Crippen MR) is 105 cm³/mol. The lowest BCUT2D eigenvalue weighted by molar-refractivity contribution is 0.896. The van der Waals surface area contributed by atoms with Crippen LogP contribution in [0.3, 0.4) is 0 Å². The summed E-state index contributed by atoms with van der Waals surface area (Å²) in [5.41, 5.74) is 4.55. The fraction of sp³-hybridized carbons (Fsp3) is 0.150. The molecule has 5 nitrogen and oxygen atoms in total. The van der Waals surface area contributed by atoms with E-state index in [0.717, 1.165) is 32.3 Å². The number of pyridine rings is 1. The summed E-state index contributed by atoms with van der Waals surface area (Å²) in [5, 5.41) is 13.5. The summed E-state index contributed by atoms with van der Waals surface area (Å²) >= 11 is 1.63. The largest absolute Gasteiger partial charge is 0.359 e. The van der Waals surface area contributed by atoms with Gasteiger partial charge in [-0.05, 0) is 37.6 Å². The molecule has 0 aliphatic carbocycles. The summed E-state index contributed by atoms with van der Waals surface area (Å²) in [6, 6.07) is 12.3. The first-order chi connectivity index (χ1) is 12.6. The number of nitrogens with one attached hydrogen (secondary N) is 1. The van der Waals surface area contributed by atoms with Crippen molar-refractivity contribution in [2.24, 2.45) is 0 Å². The molecule has 26 heavy (non-hydrogen) atoms. The van der Waals surface area contributed by atoms with Crippen LogP contribution in [0.25, 0.3) is 27.2 Å². The summed E-state index contributed by atoms with van der Waals surface area (Å²) in [6.45, 7) is 4.19. The summed E-state index contributed by atoms with van der Waals surface area (Å²) < 4.78 is 2.01. The molecule has 1 N–H and O–H groups in total. The van der Waals surface area contributed by atoms with E-state index in [9.17, 15) is 5.26 Å². The summed E-state index contributed by atoms with van der Waals surface area (Å²) in [5.74, 6) is 0. The average molecular weight is 359 g/mol. The van der Waals surface area contributed by atoms with Gasteiger partial charge in [0.2, 0.25) is 0 Å². The molecule has 4 aromatic rings. The number of nitriles is 1. The minimum atomic E-state index is 0.342. The molecule has 3 heterocycles. The Morgan fingerprint density at radius 2 is 2.08 bits per heavy atom. The van der Waals surface area contributed by atoms with Crippen molar-refractivity contribution in [3.63, 3.8) is 0 Å². The van der Waals surface area contributed by atoms with E-state index >= 15 is 0 Å². The van der Waals surface area contributed by atoms with Gasteiger partial charge in [0.1, 0.15) is 5.65 Å². The Bertz CT molecular complexity index is 1120. The van der Waals surface area contributed by atoms with Crippen molar-refractivity contribution in [2.45, 2.75) is 19.9 Å². The van der Waals surface area contributed by atoms with Crippen molar-refractivity contribution in [2.75, 3.05) is 5.32 Å². The molecule has 0 unspecified atom stereocenters. The second-order valence-electron chi connectivity index (χ2n) is 6.32. The number of imidazole rings is 1. The van der Waals surface area contributed by atoms with Crippen LogP contribution in [0.15, 0.2) is 55.1 Å². The van der Waals surface area contributed by atoms with Crippen molar-refractivity contribution in [3.8, 4) is 27.6 Å². The van der Waals surface area contributed by atoms with Crippen LogP contribution in [-0.4, -0.2) is 20.4 Å². The zero-order chi connectivity index (χ0) is 18.1. The molecular weight excluding hydrogens is 342 g/mol. The highest BCUT2D eigenvalue weighted by Crippen LogP contribution is 2.34. The van der Waals surface area contributed by atoms with E-state index in [-0.39, 0.29) is 0 Å². The van der Waals surface area contributed by atoms with E-state index < -0.39 is 0 Å². The van der Waals surface area contributed by atoms with Gasteiger partial charge >= 0.3 is 0 Å². The van der Waals surface area contributed by atoms with Crippen LogP contribution >= 0.6 is 11.3 Å². The molecule has 0 amide bonds. The van der Waals surface area contributed by atoms with E-state index in [0.29, 0.717) is 11.6 Å². The van der Waals surface area contributed by atoms with Crippen LogP contribution < -0.4 is 5.32 Å². The number of aromatic nitrogens is 3. The predicted octanol–water partition coefficient (Wildman–Crippen LogP) is 4.82. The second-order valence-corrected chi connectivity index (χ2v) is 7.35. The Labute approximate surface area is 155 Å². The first-order valence-electron chi connectivity index (χ1n) is 8.34. The molecule has 4 rings (SSSR count). The molecule has 0 bridgehead atoms. The normalized spacial score (nSPS) is 11.0. The monoisotopic (exact) mass is 359 g/mol. The highest BCUT2D eigenvalue weighted by molar-refractivity contribution is 7.18. The van der Waals surface area contributed by atoms with E-state index in [1.807, 2.05) is 41.1 Å². The zero-order valence-corrected chi connectivity index (χ0v) is 15.3. The molecule has 0 fully saturated rings. The van der Waals surface area contributed by atoms with Gasteiger partial charge in [-0.3, -0.25) is 0 Å². The molecule has 0 aliphatic rings. The van der Waals surface area contributed by atoms with Gasteiger partial charge in [-0.1, -0.05) is 23.5 Å². The first kappa shape index (κ1) is 16.3. The van der Waals surface area contributed by atoms with Gasteiger partial charge in [0, 0.05) is 42.0 Å². The molecule has 0 spiro atoms. The number of hydrogen-bond donors (Lipinski definition) is 1.